The largest absolute Gasteiger partial charge is 0.323 e. The Morgan fingerprint density at radius 3 is 2.57 bits per heavy atom. The molecule has 3 aromatic heterocycles. The molecule has 0 aliphatic rings. The van der Waals surface area contributed by atoms with Gasteiger partial charge in [-0.25, -0.2) is 9.97 Å². The zero-order valence-corrected chi connectivity index (χ0v) is 15.2. The monoisotopic (exact) mass is 372 g/mol. The van der Waals surface area contributed by atoms with Gasteiger partial charge in [0.2, 0.25) is 5.95 Å². The van der Waals surface area contributed by atoms with Gasteiger partial charge in [0.1, 0.15) is 0 Å². The summed E-state index contributed by atoms with van der Waals surface area (Å²) in [6.07, 6.45) is 5.06. The summed E-state index contributed by atoms with van der Waals surface area (Å²) in [7, 11) is 0. The first-order chi connectivity index (χ1) is 13.5. The summed E-state index contributed by atoms with van der Waals surface area (Å²) in [4.78, 5) is 28.2. The van der Waals surface area contributed by atoms with Crippen LogP contribution in [0.5, 0.6) is 0 Å². The van der Waals surface area contributed by atoms with Crippen molar-refractivity contribution in [3.05, 3.63) is 76.4 Å². The number of pyridine rings is 2. The second-order valence-corrected chi connectivity index (χ2v) is 6.39. The molecule has 0 bridgehead atoms. The number of fused-ring (bicyclic) bond motifs is 1. The highest BCUT2D eigenvalue weighted by atomic mass is 16.6. The van der Waals surface area contributed by atoms with E-state index in [2.05, 4.69) is 25.3 Å². The lowest BCUT2D eigenvalue weighted by atomic mass is 10.0. The van der Waals surface area contributed by atoms with Crippen molar-refractivity contribution in [2.75, 3.05) is 5.32 Å². The average molecular weight is 372 g/mol. The number of hydrogen-bond acceptors (Lipinski definition) is 7. The molecule has 0 radical (unpaired) electrons. The zero-order chi connectivity index (χ0) is 19.7. The van der Waals surface area contributed by atoms with E-state index < -0.39 is 4.92 Å². The highest BCUT2D eigenvalue weighted by Gasteiger charge is 2.12. The number of benzene rings is 1. The van der Waals surface area contributed by atoms with Gasteiger partial charge in [-0.1, -0.05) is 6.07 Å². The summed E-state index contributed by atoms with van der Waals surface area (Å²) in [6.45, 7) is 3.81. The Bertz CT molecular complexity index is 1190. The molecule has 0 fully saturated rings. The molecule has 0 amide bonds. The Morgan fingerprint density at radius 2 is 1.82 bits per heavy atom. The number of rotatable bonds is 4. The third-order valence-corrected chi connectivity index (χ3v) is 4.34. The maximum Gasteiger partial charge on any atom is 0.270 e. The highest BCUT2D eigenvalue weighted by Crippen LogP contribution is 2.28. The fourth-order valence-electron chi connectivity index (χ4n) is 2.81. The maximum atomic E-state index is 11.1. The molecule has 138 valence electrons. The lowest BCUT2D eigenvalue weighted by Crippen LogP contribution is -1.98. The maximum absolute atomic E-state index is 11.1. The van der Waals surface area contributed by atoms with Crippen LogP contribution in [0.1, 0.15) is 11.3 Å². The second-order valence-electron chi connectivity index (χ2n) is 6.39. The Kier molecular flexibility index (Phi) is 4.36. The van der Waals surface area contributed by atoms with Crippen LogP contribution in [0.4, 0.5) is 17.3 Å². The number of nitrogens with one attached hydrogen (secondary N) is 1. The third-order valence-electron chi connectivity index (χ3n) is 4.34. The van der Waals surface area contributed by atoms with Crippen LogP contribution in [0, 0.1) is 24.0 Å². The van der Waals surface area contributed by atoms with Gasteiger partial charge in [-0.05, 0) is 37.6 Å². The van der Waals surface area contributed by atoms with Crippen molar-refractivity contribution in [2.45, 2.75) is 13.8 Å². The van der Waals surface area contributed by atoms with E-state index in [4.69, 9.17) is 0 Å². The van der Waals surface area contributed by atoms with Crippen LogP contribution in [0.3, 0.4) is 0 Å². The molecule has 0 spiro atoms. The quantitative estimate of drug-likeness (QED) is 0.419. The van der Waals surface area contributed by atoms with Crippen LogP contribution in [-0.2, 0) is 0 Å². The smallest absolute Gasteiger partial charge is 0.270 e. The number of non-ortho nitro benzene ring substituents is 1. The van der Waals surface area contributed by atoms with Crippen LogP contribution >= 0.6 is 0 Å². The number of hydrogen-bond donors (Lipinski definition) is 1. The minimum Gasteiger partial charge on any atom is -0.323 e. The fourth-order valence-corrected chi connectivity index (χ4v) is 2.81. The molecule has 0 aliphatic carbocycles. The molecule has 8 nitrogen and oxygen atoms in total. The van der Waals surface area contributed by atoms with E-state index in [0.717, 1.165) is 22.3 Å². The molecular formula is C20H16N6O2. The summed E-state index contributed by atoms with van der Waals surface area (Å²) in [5.74, 6) is 0.444. The molecular weight excluding hydrogens is 356 g/mol. The molecule has 0 atom stereocenters. The van der Waals surface area contributed by atoms with Gasteiger partial charge in [-0.2, -0.15) is 0 Å². The lowest BCUT2D eigenvalue weighted by molar-refractivity contribution is -0.384. The van der Waals surface area contributed by atoms with E-state index in [9.17, 15) is 10.1 Å². The van der Waals surface area contributed by atoms with E-state index >= 15 is 0 Å². The van der Waals surface area contributed by atoms with Crippen molar-refractivity contribution in [3.8, 4) is 11.3 Å². The number of nitrogens with zero attached hydrogens (tertiary/aromatic N) is 5. The summed E-state index contributed by atoms with van der Waals surface area (Å²) in [6, 6.07) is 10.4. The van der Waals surface area contributed by atoms with Crippen LogP contribution in [0.25, 0.3) is 22.2 Å². The molecule has 0 unspecified atom stereocenters. The van der Waals surface area contributed by atoms with E-state index in [0.29, 0.717) is 22.7 Å². The first kappa shape index (κ1) is 17.5. The summed E-state index contributed by atoms with van der Waals surface area (Å²) in [5.41, 5.74) is 4.68. The van der Waals surface area contributed by atoms with Gasteiger partial charge in [-0.3, -0.25) is 20.1 Å². The molecule has 4 aromatic rings. The van der Waals surface area contributed by atoms with Crippen LogP contribution in [-0.4, -0.2) is 24.9 Å². The van der Waals surface area contributed by atoms with Gasteiger partial charge < -0.3 is 5.32 Å². The highest BCUT2D eigenvalue weighted by molar-refractivity contribution is 5.83. The Morgan fingerprint density at radius 1 is 0.964 bits per heavy atom. The van der Waals surface area contributed by atoms with Crippen LogP contribution < -0.4 is 5.32 Å². The molecule has 0 saturated carbocycles. The topological polar surface area (TPSA) is 107 Å². The van der Waals surface area contributed by atoms with Crippen molar-refractivity contribution < 1.29 is 4.92 Å². The average Bonchev–Trinajstić information content (AvgIpc) is 2.69. The van der Waals surface area contributed by atoms with Crippen molar-refractivity contribution >= 4 is 28.2 Å². The van der Waals surface area contributed by atoms with Crippen molar-refractivity contribution in [1.29, 1.82) is 0 Å². The van der Waals surface area contributed by atoms with E-state index in [-0.39, 0.29) is 5.69 Å². The minimum atomic E-state index is -0.412. The molecule has 28 heavy (non-hydrogen) atoms. The van der Waals surface area contributed by atoms with Gasteiger partial charge in [0.05, 0.1) is 34.2 Å². The fraction of sp³-hybridized carbons (Fsp3) is 0.100. The first-order valence-corrected chi connectivity index (χ1v) is 8.57. The molecule has 1 N–H and O–H groups in total. The predicted octanol–water partition coefficient (Wildman–Crippen LogP) is 4.36. The zero-order valence-electron chi connectivity index (χ0n) is 15.2. The minimum absolute atomic E-state index is 0.0324. The molecule has 0 aliphatic heterocycles. The SMILES string of the molecule is Cc1ccc(Nc2ncc3cc(-c4cc([N+](=O)[O-])ccc4C)ncc3n2)cn1. The number of nitro benzene ring substituents is 1. The number of aromatic nitrogens is 4. The Balaban J connectivity index is 1.68. The van der Waals surface area contributed by atoms with E-state index in [1.807, 2.05) is 32.0 Å². The van der Waals surface area contributed by atoms with Crippen LogP contribution in [0.15, 0.2) is 55.0 Å². The van der Waals surface area contributed by atoms with Crippen molar-refractivity contribution in [2.24, 2.45) is 0 Å². The normalized spacial score (nSPS) is 10.8. The number of aryl methyl sites for hydroxylation is 2. The standard InChI is InChI=1S/C20H16N6O2/c1-12-3-6-16(26(27)28)8-17(12)18-7-14-9-23-20(25-19(14)11-22-18)24-15-5-4-13(2)21-10-15/h3-11H,1-2H3,(H,23,24,25). The number of anilines is 2. The summed E-state index contributed by atoms with van der Waals surface area (Å²) in [5, 5.41) is 15.0. The predicted molar refractivity (Wildman–Crippen MR) is 106 cm³/mol. The first-order valence-electron chi connectivity index (χ1n) is 8.57. The van der Waals surface area contributed by atoms with E-state index in [1.54, 1.807) is 24.7 Å². The van der Waals surface area contributed by atoms with Crippen molar-refractivity contribution in [3.63, 3.8) is 0 Å². The molecule has 1 aromatic carbocycles. The molecule has 0 saturated heterocycles. The number of nitro groups is 1. The van der Waals surface area contributed by atoms with E-state index in [1.165, 1.54) is 12.1 Å². The Hall–Kier alpha value is -3.94. The summed E-state index contributed by atoms with van der Waals surface area (Å²) >= 11 is 0. The summed E-state index contributed by atoms with van der Waals surface area (Å²) < 4.78 is 0. The van der Waals surface area contributed by atoms with Crippen molar-refractivity contribution in [1.82, 2.24) is 19.9 Å². The Labute approximate surface area is 160 Å². The van der Waals surface area contributed by atoms with Gasteiger partial charge in [0, 0.05) is 35.0 Å². The molecule has 4 rings (SSSR count). The van der Waals surface area contributed by atoms with Gasteiger partial charge >= 0.3 is 0 Å². The van der Waals surface area contributed by atoms with Gasteiger partial charge in [0.15, 0.2) is 0 Å². The lowest BCUT2D eigenvalue weighted by Gasteiger charge is -2.08. The second kappa shape index (κ2) is 6.99. The molecule has 3 heterocycles. The van der Waals surface area contributed by atoms with Gasteiger partial charge in [0.25, 0.3) is 5.69 Å². The van der Waals surface area contributed by atoms with Crippen LogP contribution in [0.2, 0.25) is 0 Å². The third kappa shape index (κ3) is 3.48. The molecule has 8 heteroatoms. The van der Waals surface area contributed by atoms with Gasteiger partial charge in [-0.15, -0.1) is 0 Å².